The van der Waals surface area contributed by atoms with Crippen LogP contribution in [0.3, 0.4) is 0 Å². The Bertz CT molecular complexity index is 66.5. The number of hydrogen-bond donors (Lipinski definition) is 2. The third-order valence-electron chi connectivity index (χ3n) is 0.740. The van der Waals surface area contributed by atoms with Crippen LogP contribution in [0.15, 0.2) is 11.8 Å². The van der Waals surface area contributed by atoms with E-state index in [1.165, 1.54) is 5.57 Å². The fraction of sp³-hybridized carbons (Fsp3) is 0.600. The van der Waals surface area contributed by atoms with Gasteiger partial charge in [-0.25, -0.2) is 0 Å². The van der Waals surface area contributed by atoms with Gasteiger partial charge in [-0.3, -0.25) is 0 Å². The van der Waals surface area contributed by atoms with Gasteiger partial charge in [0.05, 0.1) is 0 Å². The molecule has 0 radical (unpaired) electrons. The molecule has 0 aromatic rings. The third-order valence-corrected chi connectivity index (χ3v) is 0.740. The van der Waals surface area contributed by atoms with Gasteiger partial charge in [-0.05, 0) is 25.7 Å². The van der Waals surface area contributed by atoms with Gasteiger partial charge in [0.25, 0.3) is 0 Å². The topological polar surface area (TPSA) is 38.0 Å². The fourth-order valence-electron chi connectivity index (χ4n) is 0.338. The highest BCUT2D eigenvalue weighted by atomic mass is 14.8. The summed E-state index contributed by atoms with van der Waals surface area (Å²) in [5, 5.41) is 2.97. The van der Waals surface area contributed by atoms with Gasteiger partial charge in [-0.15, -0.1) is 0 Å². The van der Waals surface area contributed by atoms with Crippen molar-refractivity contribution in [2.45, 2.75) is 6.92 Å². The molecule has 7 heavy (non-hydrogen) atoms. The van der Waals surface area contributed by atoms with Crippen molar-refractivity contribution < 1.29 is 0 Å². The molecular weight excluding hydrogens is 88.1 g/mol. The minimum Gasteiger partial charge on any atom is -0.405 e. The van der Waals surface area contributed by atoms with Gasteiger partial charge in [0, 0.05) is 6.54 Å². The minimum atomic E-state index is 0.885. The summed E-state index contributed by atoms with van der Waals surface area (Å²) in [5.74, 6) is 0. The molecule has 0 saturated carbocycles. The second-order valence-corrected chi connectivity index (χ2v) is 1.54. The molecule has 2 heteroatoms. The smallest absolute Gasteiger partial charge is 0.0176 e. The molecule has 0 fully saturated rings. The Kier molecular flexibility index (Phi) is 3.42. The van der Waals surface area contributed by atoms with Crippen molar-refractivity contribution in [1.82, 2.24) is 5.32 Å². The first-order valence-electron chi connectivity index (χ1n) is 2.33. The lowest BCUT2D eigenvalue weighted by Crippen LogP contribution is -2.09. The van der Waals surface area contributed by atoms with Crippen molar-refractivity contribution >= 4 is 0 Å². The summed E-state index contributed by atoms with van der Waals surface area (Å²) in [5.41, 5.74) is 6.33. The zero-order chi connectivity index (χ0) is 5.70. The SMILES string of the molecule is CNC/C(C)=C/N. The second kappa shape index (κ2) is 3.68. The summed E-state index contributed by atoms with van der Waals surface area (Å²) < 4.78 is 0. The van der Waals surface area contributed by atoms with E-state index in [4.69, 9.17) is 5.73 Å². The first-order valence-corrected chi connectivity index (χ1v) is 2.33. The van der Waals surface area contributed by atoms with E-state index < -0.39 is 0 Å². The molecule has 0 rings (SSSR count). The maximum Gasteiger partial charge on any atom is 0.0176 e. The lowest BCUT2D eigenvalue weighted by Gasteiger charge is -1.93. The van der Waals surface area contributed by atoms with Crippen LogP contribution in [0.5, 0.6) is 0 Å². The van der Waals surface area contributed by atoms with Gasteiger partial charge in [-0.2, -0.15) is 0 Å². The molecule has 0 saturated heterocycles. The Morgan fingerprint density at radius 1 is 1.86 bits per heavy atom. The molecule has 0 atom stereocenters. The summed E-state index contributed by atoms with van der Waals surface area (Å²) in [6.45, 7) is 2.87. The number of hydrogen-bond acceptors (Lipinski definition) is 2. The van der Waals surface area contributed by atoms with Crippen LogP contribution in [0.4, 0.5) is 0 Å². The van der Waals surface area contributed by atoms with Gasteiger partial charge >= 0.3 is 0 Å². The average molecular weight is 100 g/mol. The van der Waals surface area contributed by atoms with Crippen molar-refractivity contribution in [3.8, 4) is 0 Å². The van der Waals surface area contributed by atoms with Crippen molar-refractivity contribution in [3.63, 3.8) is 0 Å². The summed E-state index contributed by atoms with van der Waals surface area (Å²) in [7, 11) is 1.90. The van der Waals surface area contributed by atoms with E-state index in [0.717, 1.165) is 6.54 Å². The molecule has 0 amide bonds. The molecule has 2 nitrogen and oxygen atoms in total. The number of nitrogens with two attached hydrogens (primary N) is 1. The Labute approximate surface area is 44.4 Å². The largest absolute Gasteiger partial charge is 0.405 e. The van der Waals surface area contributed by atoms with E-state index >= 15 is 0 Å². The van der Waals surface area contributed by atoms with E-state index in [1.807, 2.05) is 14.0 Å². The molecule has 0 spiro atoms. The van der Waals surface area contributed by atoms with Crippen molar-refractivity contribution in [1.29, 1.82) is 0 Å². The molecule has 0 aliphatic rings. The van der Waals surface area contributed by atoms with E-state index in [9.17, 15) is 0 Å². The first kappa shape index (κ1) is 6.50. The highest BCUT2D eigenvalue weighted by Crippen LogP contribution is 1.81. The highest BCUT2D eigenvalue weighted by molar-refractivity contribution is 4.96. The van der Waals surface area contributed by atoms with Crippen LogP contribution in [0.2, 0.25) is 0 Å². The van der Waals surface area contributed by atoms with Crippen molar-refractivity contribution in [2.24, 2.45) is 5.73 Å². The molecule has 0 aromatic carbocycles. The average Bonchev–Trinajstić information content (AvgIpc) is 1.68. The standard InChI is InChI=1S/C5H12N2/c1-5(3-6)4-7-2/h3,7H,4,6H2,1-2H3/b5-3+. The van der Waals surface area contributed by atoms with Crippen molar-refractivity contribution in [3.05, 3.63) is 11.8 Å². The zero-order valence-corrected chi connectivity index (χ0v) is 4.86. The van der Waals surface area contributed by atoms with E-state index in [2.05, 4.69) is 5.32 Å². The number of nitrogens with one attached hydrogen (secondary N) is 1. The van der Waals surface area contributed by atoms with E-state index in [-0.39, 0.29) is 0 Å². The maximum atomic E-state index is 5.16. The van der Waals surface area contributed by atoms with E-state index in [0.29, 0.717) is 0 Å². The van der Waals surface area contributed by atoms with Crippen molar-refractivity contribution in [2.75, 3.05) is 13.6 Å². The molecular formula is C5H12N2. The molecule has 3 N–H and O–H groups in total. The lowest BCUT2D eigenvalue weighted by molar-refractivity contribution is 0.877. The summed E-state index contributed by atoms with van der Waals surface area (Å²) in [4.78, 5) is 0. The summed E-state index contributed by atoms with van der Waals surface area (Å²) >= 11 is 0. The van der Waals surface area contributed by atoms with Crippen LogP contribution < -0.4 is 11.1 Å². The minimum absolute atomic E-state index is 0.885. The van der Waals surface area contributed by atoms with Crippen LogP contribution >= 0.6 is 0 Å². The molecule has 0 heterocycles. The Hall–Kier alpha value is -0.500. The molecule has 0 aliphatic heterocycles. The van der Waals surface area contributed by atoms with Crippen LogP contribution in [-0.4, -0.2) is 13.6 Å². The quantitative estimate of drug-likeness (QED) is 0.515. The van der Waals surface area contributed by atoms with Gasteiger partial charge in [0.1, 0.15) is 0 Å². The second-order valence-electron chi connectivity index (χ2n) is 1.54. The number of likely N-dealkylation sites (N-methyl/N-ethyl adjacent to an activating group) is 1. The zero-order valence-electron chi connectivity index (χ0n) is 4.86. The Morgan fingerprint density at radius 3 is 2.57 bits per heavy atom. The van der Waals surface area contributed by atoms with Gasteiger partial charge in [0.15, 0.2) is 0 Å². The Morgan fingerprint density at radius 2 is 2.43 bits per heavy atom. The lowest BCUT2D eigenvalue weighted by atomic mass is 10.3. The van der Waals surface area contributed by atoms with Gasteiger partial charge in [0.2, 0.25) is 0 Å². The third kappa shape index (κ3) is 3.33. The molecule has 0 aromatic heterocycles. The predicted octanol–water partition coefficient (Wildman–Crippen LogP) is 0.0683. The molecule has 0 unspecified atom stereocenters. The number of rotatable bonds is 2. The van der Waals surface area contributed by atoms with E-state index in [1.54, 1.807) is 6.20 Å². The highest BCUT2D eigenvalue weighted by Gasteiger charge is 1.78. The van der Waals surface area contributed by atoms with Crippen LogP contribution in [0.25, 0.3) is 0 Å². The van der Waals surface area contributed by atoms with Crippen LogP contribution in [0.1, 0.15) is 6.92 Å². The van der Waals surface area contributed by atoms with Gasteiger partial charge in [-0.1, -0.05) is 0 Å². The summed E-state index contributed by atoms with van der Waals surface area (Å²) in [6, 6.07) is 0. The molecule has 0 bridgehead atoms. The fourth-order valence-corrected chi connectivity index (χ4v) is 0.338. The monoisotopic (exact) mass is 100 g/mol. The normalized spacial score (nSPS) is 12.0. The van der Waals surface area contributed by atoms with Gasteiger partial charge < -0.3 is 11.1 Å². The molecule has 42 valence electrons. The Balaban J connectivity index is 3.17. The van der Waals surface area contributed by atoms with Crippen LogP contribution in [0, 0.1) is 0 Å². The molecule has 0 aliphatic carbocycles. The predicted molar refractivity (Wildman–Crippen MR) is 31.9 cm³/mol. The maximum absolute atomic E-state index is 5.16. The van der Waals surface area contributed by atoms with Crippen LogP contribution in [-0.2, 0) is 0 Å². The first-order chi connectivity index (χ1) is 3.31. The summed E-state index contributed by atoms with van der Waals surface area (Å²) in [6.07, 6.45) is 1.61.